The standard InChI is InChI=1S/C13H17BrN4S2/c1-3-6-15-11-7-12(18-13(17-11)19-2)16-8-9-4-5-10(14)20-9/h4-5,7H,3,6,8H2,1-2H3,(H2,15,16,17,18). The molecule has 7 heteroatoms. The zero-order valence-corrected chi connectivity index (χ0v) is 14.7. The van der Waals surface area contributed by atoms with Gasteiger partial charge < -0.3 is 10.6 Å². The van der Waals surface area contributed by atoms with Crippen LogP contribution in [0.2, 0.25) is 0 Å². The SMILES string of the molecule is CCCNc1cc(NCc2ccc(Br)s2)nc(SC)n1. The van der Waals surface area contributed by atoms with E-state index in [1.807, 2.05) is 12.3 Å². The molecule has 4 nitrogen and oxygen atoms in total. The fraction of sp³-hybridized carbons (Fsp3) is 0.385. The van der Waals surface area contributed by atoms with E-state index in [2.05, 4.69) is 55.6 Å². The number of hydrogen-bond acceptors (Lipinski definition) is 6. The van der Waals surface area contributed by atoms with Crippen LogP contribution in [0.3, 0.4) is 0 Å². The Labute approximate surface area is 135 Å². The molecule has 108 valence electrons. The van der Waals surface area contributed by atoms with Gasteiger partial charge in [-0.3, -0.25) is 0 Å². The van der Waals surface area contributed by atoms with Crippen molar-refractivity contribution >= 4 is 50.7 Å². The summed E-state index contributed by atoms with van der Waals surface area (Å²) in [6.07, 6.45) is 3.06. The Morgan fingerprint density at radius 1 is 1.25 bits per heavy atom. The first-order valence-electron chi connectivity index (χ1n) is 6.36. The zero-order valence-electron chi connectivity index (χ0n) is 11.4. The van der Waals surface area contributed by atoms with Gasteiger partial charge in [-0.2, -0.15) is 0 Å². The molecule has 0 spiro atoms. The minimum atomic E-state index is 0.772. The van der Waals surface area contributed by atoms with E-state index < -0.39 is 0 Å². The summed E-state index contributed by atoms with van der Waals surface area (Å²) in [6, 6.07) is 6.12. The van der Waals surface area contributed by atoms with Crippen molar-refractivity contribution < 1.29 is 0 Å². The summed E-state index contributed by atoms with van der Waals surface area (Å²) in [5, 5.41) is 7.43. The Hall–Kier alpha value is -0.790. The van der Waals surface area contributed by atoms with Crippen molar-refractivity contribution in [3.63, 3.8) is 0 Å². The summed E-state index contributed by atoms with van der Waals surface area (Å²) in [7, 11) is 0. The van der Waals surface area contributed by atoms with Gasteiger partial charge in [-0.25, -0.2) is 9.97 Å². The molecule has 2 heterocycles. The van der Waals surface area contributed by atoms with Gasteiger partial charge in [0.05, 0.1) is 10.3 Å². The number of hydrogen-bond donors (Lipinski definition) is 2. The van der Waals surface area contributed by atoms with Crippen LogP contribution in [0.25, 0.3) is 0 Å². The lowest BCUT2D eigenvalue weighted by molar-refractivity contribution is 0.923. The Kier molecular flexibility index (Phi) is 6.12. The minimum Gasteiger partial charge on any atom is -0.370 e. The quantitative estimate of drug-likeness (QED) is 0.555. The molecule has 0 saturated heterocycles. The van der Waals surface area contributed by atoms with E-state index >= 15 is 0 Å². The van der Waals surface area contributed by atoms with Gasteiger partial charge in [0.15, 0.2) is 5.16 Å². The summed E-state index contributed by atoms with van der Waals surface area (Å²) in [5.41, 5.74) is 0. The van der Waals surface area contributed by atoms with Crippen LogP contribution < -0.4 is 10.6 Å². The number of thiophene rings is 1. The van der Waals surface area contributed by atoms with Crippen LogP contribution in [0.15, 0.2) is 27.1 Å². The second-order valence-corrected chi connectivity index (χ2v) is 7.43. The van der Waals surface area contributed by atoms with E-state index in [4.69, 9.17) is 0 Å². The van der Waals surface area contributed by atoms with Crippen molar-refractivity contribution in [2.75, 3.05) is 23.4 Å². The monoisotopic (exact) mass is 372 g/mol. The molecule has 2 rings (SSSR count). The van der Waals surface area contributed by atoms with Gasteiger partial charge in [0, 0.05) is 17.5 Å². The van der Waals surface area contributed by atoms with Gasteiger partial charge >= 0.3 is 0 Å². The Bertz CT molecular complexity index is 559. The predicted molar refractivity (Wildman–Crippen MR) is 91.9 cm³/mol. The van der Waals surface area contributed by atoms with E-state index in [-0.39, 0.29) is 0 Å². The largest absolute Gasteiger partial charge is 0.370 e. The predicted octanol–water partition coefficient (Wildman–Crippen LogP) is 4.46. The van der Waals surface area contributed by atoms with E-state index in [1.165, 1.54) is 4.88 Å². The topological polar surface area (TPSA) is 49.8 Å². The van der Waals surface area contributed by atoms with Crippen molar-refractivity contribution in [3.05, 3.63) is 26.9 Å². The van der Waals surface area contributed by atoms with Crippen LogP contribution in [0.4, 0.5) is 11.6 Å². The van der Waals surface area contributed by atoms with Crippen LogP contribution in [0.5, 0.6) is 0 Å². The molecule has 0 saturated carbocycles. The Morgan fingerprint density at radius 3 is 2.60 bits per heavy atom. The molecule has 2 aromatic rings. The highest BCUT2D eigenvalue weighted by Crippen LogP contribution is 2.23. The molecule has 0 unspecified atom stereocenters. The zero-order chi connectivity index (χ0) is 14.4. The van der Waals surface area contributed by atoms with Crippen molar-refractivity contribution in [1.29, 1.82) is 0 Å². The van der Waals surface area contributed by atoms with Crippen molar-refractivity contribution in [2.45, 2.75) is 25.0 Å². The smallest absolute Gasteiger partial charge is 0.191 e. The molecule has 0 aliphatic heterocycles. The number of nitrogens with one attached hydrogen (secondary N) is 2. The van der Waals surface area contributed by atoms with Gasteiger partial charge in [0.2, 0.25) is 0 Å². The summed E-state index contributed by atoms with van der Waals surface area (Å²) < 4.78 is 1.15. The molecular weight excluding hydrogens is 356 g/mol. The van der Waals surface area contributed by atoms with E-state index in [9.17, 15) is 0 Å². The van der Waals surface area contributed by atoms with Crippen molar-refractivity contribution in [1.82, 2.24) is 9.97 Å². The van der Waals surface area contributed by atoms with Crippen LogP contribution in [-0.4, -0.2) is 22.8 Å². The highest BCUT2D eigenvalue weighted by molar-refractivity contribution is 9.11. The third-order valence-electron chi connectivity index (χ3n) is 2.52. The maximum atomic E-state index is 4.48. The van der Waals surface area contributed by atoms with Gasteiger partial charge in [-0.05, 0) is 40.7 Å². The average Bonchev–Trinajstić information content (AvgIpc) is 2.88. The van der Waals surface area contributed by atoms with E-state index in [0.29, 0.717) is 0 Å². The van der Waals surface area contributed by atoms with Crippen LogP contribution >= 0.6 is 39.0 Å². The summed E-state index contributed by atoms with van der Waals surface area (Å²) >= 11 is 6.75. The number of rotatable bonds is 7. The Morgan fingerprint density at radius 2 is 2.00 bits per heavy atom. The summed E-state index contributed by atoms with van der Waals surface area (Å²) in [6.45, 7) is 3.83. The average molecular weight is 373 g/mol. The minimum absolute atomic E-state index is 0.772. The molecule has 0 fully saturated rings. The molecule has 0 atom stereocenters. The van der Waals surface area contributed by atoms with E-state index in [0.717, 1.165) is 40.1 Å². The molecule has 0 aromatic carbocycles. The number of anilines is 2. The second kappa shape index (κ2) is 7.85. The molecule has 0 amide bonds. The fourth-order valence-corrected chi connectivity index (χ4v) is 3.38. The molecule has 0 aliphatic carbocycles. The normalized spacial score (nSPS) is 10.6. The molecular formula is C13H17BrN4S2. The van der Waals surface area contributed by atoms with Crippen LogP contribution in [0, 0.1) is 0 Å². The lowest BCUT2D eigenvalue weighted by atomic mass is 10.4. The highest BCUT2D eigenvalue weighted by Gasteiger charge is 2.04. The maximum absolute atomic E-state index is 4.48. The van der Waals surface area contributed by atoms with Gasteiger partial charge in [-0.15, -0.1) is 11.3 Å². The fourth-order valence-electron chi connectivity index (χ4n) is 1.58. The summed E-state index contributed by atoms with van der Waals surface area (Å²) in [5.74, 6) is 1.73. The molecule has 20 heavy (non-hydrogen) atoms. The highest BCUT2D eigenvalue weighted by atomic mass is 79.9. The second-order valence-electron chi connectivity index (χ2n) is 4.11. The lowest BCUT2D eigenvalue weighted by Gasteiger charge is -2.09. The van der Waals surface area contributed by atoms with E-state index in [1.54, 1.807) is 23.1 Å². The number of thioether (sulfide) groups is 1. The third-order valence-corrected chi connectivity index (χ3v) is 4.69. The maximum Gasteiger partial charge on any atom is 0.191 e. The first-order chi connectivity index (χ1) is 9.71. The number of halogens is 1. The third kappa shape index (κ3) is 4.64. The summed E-state index contributed by atoms with van der Waals surface area (Å²) in [4.78, 5) is 10.2. The molecule has 2 N–H and O–H groups in total. The number of aromatic nitrogens is 2. The molecule has 2 aromatic heterocycles. The van der Waals surface area contributed by atoms with Gasteiger partial charge in [0.1, 0.15) is 11.6 Å². The van der Waals surface area contributed by atoms with Crippen LogP contribution in [0.1, 0.15) is 18.2 Å². The first-order valence-corrected chi connectivity index (χ1v) is 9.19. The number of nitrogens with zero attached hydrogens (tertiary/aromatic N) is 2. The van der Waals surface area contributed by atoms with Gasteiger partial charge in [-0.1, -0.05) is 18.7 Å². The van der Waals surface area contributed by atoms with Crippen LogP contribution in [-0.2, 0) is 6.54 Å². The van der Waals surface area contributed by atoms with Crippen molar-refractivity contribution in [3.8, 4) is 0 Å². The Balaban J connectivity index is 2.05. The molecule has 0 bridgehead atoms. The van der Waals surface area contributed by atoms with Gasteiger partial charge in [0.25, 0.3) is 0 Å². The lowest BCUT2D eigenvalue weighted by Crippen LogP contribution is -2.06. The van der Waals surface area contributed by atoms with Crippen molar-refractivity contribution in [2.24, 2.45) is 0 Å². The molecule has 0 radical (unpaired) electrons. The molecule has 0 aliphatic rings. The first kappa shape index (κ1) is 15.6.